The number of amides is 4. The third-order valence-corrected chi connectivity index (χ3v) is 8.80. The van der Waals surface area contributed by atoms with Crippen LogP contribution < -0.4 is 16.0 Å². The maximum absolute atomic E-state index is 13.8. The predicted molar refractivity (Wildman–Crippen MR) is 186 cm³/mol. The van der Waals surface area contributed by atoms with E-state index in [0.717, 1.165) is 21.7 Å². The van der Waals surface area contributed by atoms with Gasteiger partial charge in [0, 0.05) is 32.5 Å². The van der Waals surface area contributed by atoms with Crippen LogP contribution in [0.5, 0.6) is 0 Å². The maximum Gasteiger partial charge on any atom is 0.404 e. The zero-order valence-electron chi connectivity index (χ0n) is 29.3. The summed E-state index contributed by atoms with van der Waals surface area (Å²) in [4.78, 5) is 57.0. The lowest BCUT2D eigenvalue weighted by molar-refractivity contribution is -0.144. The Bertz CT molecular complexity index is 1370. The molecule has 4 amide bonds. The number of aliphatic hydroxyl groups is 1. The number of nitrogens with zero attached hydrogens (tertiary/aromatic N) is 2. The minimum absolute atomic E-state index is 0.00346. The Balaban J connectivity index is 1.36. The zero-order chi connectivity index (χ0) is 36.5. The van der Waals surface area contributed by atoms with Gasteiger partial charge >= 0.3 is 6.09 Å². The van der Waals surface area contributed by atoms with Crippen molar-refractivity contribution in [2.45, 2.75) is 65.3 Å². The highest BCUT2D eigenvalue weighted by molar-refractivity contribution is 7.13. The molecule has 5 N–H and O–H groups in total. The molecular weight excluding hydrogens is 670 g/mol. The van der Waals surface area contributed by atoms with Gasteiger partial charge in [0.1, 0.15) is 12.1 Å². The molecular formula is C34H51N5O10S. The number of aliphatic hydroxyl groups excluding tert-OH is 1. The highest BCUT2D eigenvalue weighted by Crippen LogP contribution is 2.28. The van der Waals surface area contributed by atoms with Crippen molar-refractivity contribution in [2.24, 2.45) is 5.41 Å². The number of ether oxygens (including phenoxy) is 4. The van der Waals surface area contributed by atoms with E-state index in [9.17, 15) is 24.3 Å². The van der Waals surface area contributed by atoms with Crippen LogP contribution in [-0.4, -0.2) is 128 Å². The lowest BCUT2D eigenvalue weighted by Gasteiger charge is -2.35. The molecule has 278 valence electrons. The fourth-order valence-corrected chi connectivity index (χ4v) is 5.98. The van der Waals surface area contributed by atoms with Gasteiger partial charge in [-0.05, 0) is 23.5 Å². The molecule has 0 spiro atoms. The Kier molecular flexibility index (Phi) is 17.0. The SMILES string of the molecule is Cc1ncsc1-c1ccc(CNC(=O)[C@@H]2C[C@@H](O)CN2C(=O)[C@@H](NC(=O)CCOCCOCCOCCOCCNC(=O)O)C(C)(C)C)cc1. The maximum atomic E-state index is 13.8. The number of hydrogen-bond acceptors (Lipinski definition) is 11. The van der Waals surface area contributed by atoms with Crippen LogP contribution in [0.15, 0.2) is 29.8 Å². The number of aryl methyl sites for hydroxylation is 1. The molecule has 0 bridgehead atoms. The Morgan fingerprint density at radius 1 is 0.940 bits per heavy atom. The number of thiazole rings is 1. The minimum atomic E-state index is -1.09. The molecule has 3 rings (SSSR count). The summed E-state index contributed by atoms with van der Waals surface area (Å²) in [5.41, 5.74) is 4.05. The van der Waals surface area contributed by atoms with E-state index in [-0.39, 0.29) is 64.1 Å². The standard InChI is InChI=1S/C34H51N5O10S/c1-23-29(50-22-37-23)25-7-5-24(6-8-25)20-36-31(42)27-19-26(40)21-39(27)32(43)30(34(2,3)4)38-28(41)9-11-46-13-15-48-17-18-49-16-14-47-12-10-35-33(44)45/h5-8,22,26-27,30,35,40H,9-21H2,1-4H3,(H,36,42)(H,38,41)(H,44,45)/t26-,27+,30-/m1/s1. The number of nitrogens with one attached hydrogen (secondary N) is 3. The third kappa shape index (κ3) is 13.9. The molecule has 50 heavy (non-hydrogen) atoms. The highest BCUT2D eigenvalue weighted by atomic mass is 32.1. The fraction of sp³-hybridized carbons (Fsp3) is 0.618. The average Bonchev–Trinajstić information content (AvgIpc) is 3.68. The predicted octanol–water partition coefficient (Wildman–Crippen LogP) is 1.95. The summed E-state index contributed by atoms with van der Waals surface area (Å²) in [5, 5.41) is 26.8. The second-order valence-corrected chi connectivity index (χ2v) is 13.7. The average molecular weight is 722 g/mol. The van der Waals surface area contributed by atoms with Crippen molar-refractivity contribution in [3.63, 3.8) is 0 Å². The number of likely N-dealkylation sites (tertiary alicyclic amines) is 1. The molecule has 1 saturated heterocycles. The molecule has 0 aliphatic carbocycles. The van der Waals surface area contributed by atoms with Crippen LogP contribution in [0.4, 0.5) is 4.79 Å². The minimum Gasteiger partial charge on any atom is -0.465 e. The number of carbonyl (C=O) groups excluding carboxylic acids is 3. The van der Waals surface area contributed by atoms with Gasteiger partial charge in [0.05, 0.1) is 75.0 Å². The smallest absolute Gasteiger partial charge is 0.404 e. The van der Waals surface area contributed by atoms with Crippen LogP contribution in [0.1, 0.15) is 44.9 Å². The van der Waals surface area contributed by atoms with Crippen molar-refractivity contribution in [3.05, 3.63) is 41.0 Å². The largest absolute Gasteiger partial charge is 0.465 e. The summed E-state index contributed by atoms with van der Waals surface area (Å²) >= 11 is 1.57. The summed E-state index contributed by atoms with van der Waals surface area (Å²) in [6.45, 7) is 10.3. The second kappa shape index (κ2) is 20.9. The van der Waals surface area contributed by atoms with E-state index in [2.05, 4.69) is 20.9 Å². The molecule has 0 unspecified atom stereocenters. The first-order valence-corrected chi connectivity index (χ1v) is 17.6. The monoisotopic (exact) mass is 721 g/mol. The summed E-state index contributed by atoms with van der Waals surface area (Å²) in [6.07, 6.45) is -1.82. The number of β-amino-alcohol motifs (C(OH)–C–C–N with tert-alkyl or cyclic N) is 1. The molecule has 1 aliphatic heterocycles. The molecule has 0 saturated carbocycles. The number of aromatic nitrogens is 1. The van der Waals surface area contributed by atoms with Crippen LogP contribution in [0, 0.1) is 12.3 Å². The first-order chi connectivity index (χ1) is 23.9. The van der Waals surface area contributed by atoms with E-state index in [1.54, 1.807) is 11.3 Å². The summed E-state index contributed by atoms with van der Waals surface area (Å²) in [5.74, 6) is -1.16. The van der Waals surface area contributed by atoms with E-state index in [4.69, 9.17) is 24.1 Å². The van der Waals surface area contributed by atoms with Gasteiger partial charge < -0.3 is 50.0 Å². The summed E-state index contributed by atoms with van der Waals surface area (Å²) in [6, 6.07) is 6.06. The molecule has 1 fully saturated rings. The van der Waals surface area contributed by atoms with Gasteiger partial charge in [-0.1, -0.05) is 45.0 Å². The molecule has 2 heterocycles. The Hall–Kier alpha value is -3.67. The molecule has 16 heteroatoms. The van der Waals surface area contributed by atoms with Crippen molar-refractivity contribution in [1.29, 1.82) is 0 Å². The fourth-order valence-electron chi connectivity index (χ4n) is 5.17. The molecule has 3 atom stereocenters. The second-order valence-electron chi connectivity index (χ2n) is 12.9. The van der Waals surface area contributed by atoms with Crippen LogP contribution in [0.3, 0.4) is 0 Å². The Labute approximate surface area is 297 Å². The normalized spacial score (nSPS) is 16.6. The number of carboxylic acid groups (broad SMARTS) is 1. The van der Waals surface area contributed by atoms with Gasteiger partial charge in [-0.3, -0.25) is 14.4 Å². The number of benzene rings is 1. The molecule has 1 aliphatic rings. The first-order valence-electron chi connectivity index (χ1n) is 16.7. The molecule has 2 aromatic rings. The summed E-state index contributed by atoms with van der Waals surface area (Å²) < 4.78 is 21.5. The molecule has 1 aromatic heterocycles. The lowest BCUT2D eigenvalue weighted by atomic mass is 9.85. The van der Waals surface area contributed by atoms with Crippen molar-refractivity contribution >= 4 is 35.2 Å². The van der Waals surface area contributed by atoms with Gasteiger partial charge in [-0.25, -0.2) is 9.78 Å². The Morgan fingerprint density at radius 3 is 2.10 bits per heavy atom. The van der Waals surface area contributed by atoms with Crippen LogP contribution in [-0.2, 0) is 39.9 Å². The van der Waals surface area contributed by atoms with Crippen LogP contribution in [0.2, 0.25) is 0 Å². The van der Waals surface area contributed by atoms with E-state index in [0.29, 0.717) is 33.0 Å². The van der Waals surface area contributed by atoms with Gasteiger partial charge in [0.25, 0.3) is 0 Å². The van der Waals surface area contributed by atoms with Gasteiger partial charge in [-0.15, -0.1) is 11.3 Å². The highest BCUT2D eigenvalue weighted by Gasteiger charge is 2.44. The lowest BCUT2D eigenvalue weighted by Crippen LogP contribution is -2.57. The van der Waals surface area contributed by atoms with Gasteiger partial charge in [0.2, 0.25) is 17.7 Å². The first kappa shape index (κ1) is 40.8. The van der Waals surface area contributed by atoms with Crippen LogP contribution in [0.25, 0.3) is 10.4 Å². The molecule has 0 radical (unpaired) electrons. The molecule has 1 aromatic carbocycles. The molecule has 15 nitrogen and oxygen atoms in total. The topological polar surface area (TPSA) is 198 Å². The number of carbonyl (C=O) groups is 4. The summed E-state index contributed by atoms with van der Waals surface area (Å²) in [7, 11) is 0. The quantitative estimate of drug-likeness (QED) is 0.118. The zero-order valence-corrected chi connectivity index (χ0v) is 30.1. The third-order valence-electron chi connectivity index (χ3n) is 7.82. The van der Waals surface area contributed by atoms with Crippen LogP contribution >= 0.6 is 11.3 Å². The van der Waals surface area contributed by atoms with E-state index < -0.39 is 35.6 Å². The van der Waals surface area contributed by atoms with Gasteiger partial charge in [-0.2, -0.15) is 0 Å². The van der Waals surface area contributed by atoms with E-state index in [1.165, 1.54) is 4.90 Å². The van der Waals surface area contributed by atoms with Crippen molar-refractivity contribution in [2.75, 3.05) is 65.9 Å². The van der Waals surface area contributed by atoms with Crippen molar-refractivity contribution in [1.82, 2.24) is 25.8 Å². The van der Waals surface area contributed by atoms with E-state index >= 15 is 0 Å². The number of rotatable bonds is 21. The van der Waals surface area contributed by atoms with Crippen molar-refractivity contribution in [3.8, 4) is 10.4 Å². The Morgan fingerprint density at radius 2 is 1.54 bits per heavy atom. The van der Waals surface area contributed by atoms with Crippen molar-refractivity contribution < 1.29 is 48.3 Å². The number of hydrogen-bond donors (Lipinski definition) is 5. The van der Waals surface area contributed by atoms with Gasteiger partial charge in [0.15, 0.2) is 0 Å². The van der Waals surface area contributed by atoms with E-state index in [1.807, 2.05) is 57.5 Å².